The number of carbonyl (C=O) groups excluding carboxylic acids is 3. The van der Waals surface area contributed by atoms with E-state index in [-0.39, 0.29) is 34.5 Å². The van der Waals surface area contributed by atoms with E-state index in [0.29, 0.717) is 0 Å². The number of hydrogen-bond acceptors (Lipinski definition) is 12. The summed E-state index contributed by atoms with van der Waals surface area (Å²) in [6, 6.07) is -1.10. The van der Waals surface area contributed by atoms with Crippen molar-refractivity contribution >= 4 is 63.7 Å². The first-order valence-corrected chi connectivity index (χ1v) is 11.5. The third-order valence-corrected chi connectivity index (χ3v) is 6.63. The fourth-order valence-corrected chi connectivity index (χ4v) is 4.85. The summed E-state index contributed by atoms with van der Waals surface area (Å²) >= 11 is 2.18. The number of aromatic nitrogens is 1. The molecule has 1 unspecified atom stereocenters. The number of nitrogens with two attached hydrogens (primary N) is 1. The van der Waals surface area contributed by atoms with Crippen LogP contribution in [-0.4, -0.2) is 85.4 Å². The average molecular weight is 514 g/mol. The molecule has 0 bridgehead atoms. The van der Waals surface area contributed by atoms with Gasteiger partial charge in [0.25, 0.3) is 11.8 Å². The Morgan fingerprint density at radius 2 is 2.09 bits per heavy atom. The fraction of sp³-hybridized carbons (Fsp3) is 0.389. The van der Waals surface area contributed by atoms with Crippen LogP contribution in [0.2, 0.25) is 0 Å². The van der Waals surface area contributed by atoms with E-state index in [1.807, 2.05) is 0 Å². The van der Waals surface area contributed by atoms with E-state index in [9.17, 15) is 29.1 Å². The van der Waals surface area contributed by atoms with Crippen LogP contribution in [0.3, 0.4) is 0 Å². The van der Waals surface area contributed by atoms with Crippen LogP contribution >= 0.6 is 23.1 Å². The van der Waals surface area contributed by atoms with Gasteiger partial charge in [-0.2, -0.15) is 0 Å². The zero-order chi connectivity index (χ0) is 25.2. The summed E-state index contributed by atoms with van der Waals surface area (Å²) in [5.74, 6) is -4.73. The molecule has 1 aromatic rings. The van der Waals surface area contributed by atoms with Crippen molar-refractivity contribution in [3.63, 3.8) is 0 Å². The van der Waals surface area contributed by atoms with Crippen LogP contribution in [0.4, 0.5) is 5.13 Å². The molecule has 1 aromatic heterocycles. The number of nitrogen functional groups attached to an aromatic ring is 1. The molecule has 0 spiro atoms. The molecule has 3 rings (SSSR count). The summed E-state index contributed by atoms with van der Waals surface area (Å²) in [4.78, 5) is 69.3. The Balaban J connectivity index is 1.80. The number of carboxylic acid groups (broad SMARTS) is 2. The highest BCUT2D eigenvalue weighted by molar-refractivity contribution is 8.00. The molecule has 0 aliphatic carbocycles. The van der Waals surface area contributed by atoms with Crippen molar-refractivity contribution in [3.8, 4) is 0 Å². The van der Waals surface area contributed by atoms with Crippen molar-refractivity contribution in [1.82, 2.24) is 15.2 Å². The van der Waals surface area contributed by atoms with Crippen molar-refractivity contribution in [2.75, 3.05) is 18.1 Å². The Morgan fingerprint density at radius 1 is 1.38 bits per heavy atom. The second kappa shape index (κ2) is 10.1. The van der Waals surface area contributed by atoms with Gasteiger partial charge in [-0.25, -0.2) is 14.6 Å². The highest BCUT2D eigenvalue weighted by atomic mass is 32.2. The standard InChI is InChI=1S/C18H19N5O9S2/c1-6(16(27)28)32-22-10(9-5-34-18(19)20-9)13(25)21-11-14(26)23-12(17(29)30)8(3-31-7(2)24)4-33-15(11)23/h5-6,11,15H,3-4H2,1-2H3,(H2,19,20)(H,21,25)(H,27,28)(H,29,30)/b22-10-/t6-,11?,15-/m1/s1. The van der Waals surface area contributed by atoms with Crippen LogP contribution < -0.4 is 11.1 Å². The van der Waals surface area contributed by atoms with E-state index >= 15 is 0 Å². The van der Waals surface area contributed by atoms with Crippen LogP contribution in [0.15, 0.2) is 21.8 Å². The second-order valence-electron chi connectivity index (χ2n) is 7.00. The minimum absolute atomic E-state index is 0.00676. The predicted octanol–water partition coefficient (Wildman–Crippen LogP) is -0.779. The molecule has 3 atom stereocenters. The van der Waals surface area contributed by atoms with Gasteiger partial charge >= 0.3 is 17.9 Å². The van der Waals surface area contributed by atoms with Gasteiger partial charge in [-0.1, -0.05) is 5.16 Å². The third kappa shape index (κ3) is 5.12. The van der Waals surface area contributed by atoms with Gasteiger partial charge in [0.2, 0.25) is 6.10 Å². The maximum absolute atomic E-state index is 12.9. The van der Waals surface area contributed by atoms with Gasteiger partial charge in [-0.3, -0.25) is 19.3 Å². The number of β-lactam (4-membered cyclic amide) rings is 1. The Morgan fingerprint density at radius 3 is 2.65 bits per heavy atom. The maximum Gasteiger partial charge on any atom is 0.352 e. The number of amides is 2. The monoisotopic (exact) mass is 513 g/mol. The Labute approximate surface area is 199 Å². The number of carbonyl (C=O) groups is 5. The number of esters is 1. The molecule has 16 heteroatoms. The largest absolute Gasteiger partial charge is 0.478 e. The number of oxime groups is 1. The third-order valence-electron chi connectivity index (χ3n) is 4.62. The number of nitrogens with one attached hydrogen (secondary N) is 1. The zero-order valence-corrected chi connectivity index (χ0v) is 19.3. The lowest BCUT2D eigenvalue weighted by atomic mass is 10.0. The number of hydrogen-bond donors (Lipinski definition) is 4. The average Bonchev–Trinajstić information content (AvgIpc) is 3.20. The molecule has 0 saturated carbocycles. The van der Waals surface area contributed by atoms with Gasteiger partial charge in [0.15, 0.2) is 10.8 Å². The molecule has 3 heterocycles. The molecule has 0 aromatic carbocycles. The second-order valence-corrected chi connectivity index (χ2v) is 8.99. The first kappa shape index (κ1) is 25.0. The quantitative estimate of drug-likeness (QED) is 0.139. The summed E-state index contributed by atoms with van der Waals surface area (Å²) in [5, 5.41) is 25.4. The molecule has 14 nitrogen and oxygen atoms in total. The summed E-state index contributed by atoms with van der Waals surface area (Å²) in [6.45, 7) is 2.10. The Kier molecular flexibility index (Phi) is 7.41. The lowest BCUT2D eigenvalue weighted by molar-refractivity contribution is -0.150. The molecule has 1 fully saturated rings. The fourth-order valence-electron chi connectivity index (χ4n) is 2.97. The minimum atomic E-state index is -1.37. The summed E-state index contributed by atoms with van der Waals surface area (Å²) < 4.78 is 4.87. The maximum atomic E-state index is 12.9. The van der Waals surface area contributed by atoms with E-state index in [2.05, 4.69) is 15.5 Å². The highest BCUT2D eigenvalue weighted by Crippen LogP contribution is 2.40. The number of carboxylic acids is 2. The van der Waals surface area contributed by atoms with E-state index in [1.54, 1.807) is 0 Å². The zero-order valence-electron chi connectivity index (χ0n) is 17.7. The van der Waals surface area contributed by atoms with Crippen molar-refractivity contribution in [2.45, 2.75) is 31.4 Å². The Bertz CT molecular complexity index is 1120. The number of anilines is 1. The molecule has 5 N–H and O–H groups in total. The number of aliphatic carboxylic acids is 2. The molecule has 182 valence electrons. The smallest absolute Gasteiger partial charge is 0.352 e. The van der Waals surface area contributed by atoms with Crippen LogP contribution in [0.5, 0.6) is 0 Å². The molecular formula is C18H19N5O9S2. The van der Waals surface area contributed by atoms with Gasteiger partial charge in [-0.15, -0.1) is 23.1 Å². The van der Waals surface area contributed by atoms with E-state index < -0.39 is 53.0 Å². The predicted molar refractivity (Wildman–Crippen MR) is 118 cm³/mol. The topological polar surface area (TPSA) is 211 Å². The summed E-state index contributed by atoms with van der Waals surface area (Å²) in [5.41, 5.74) is 5.14. The van der Waals surface area contributed by atoms with Gasteiger partial charge in [-0.05, 0) is 6.92 Å². The van der Waals surface area contributed by atoms with Crippen molar-refractivity contribution < 1.29 is 43.8 Å². The van der Waals surface area contributed by atoms with Crippen molar-refractivity contribution in [2.24, 2.45) is 5.16 Å². The van der Waals surface area contributed by atoms with Gasteiger partial charge in [0.05, 0.1) is 0 Å². The number of thioether (sulfide) groups is 1. The van der Waals surface area contributed by atoms with E-state index in [4.69, 9.17) is 20.4 Å². The molecule has 2 amide bonds. The van der Waals surface area contributed by atoms with E-state index in [1.165, 1.54) is 31.0 Å². The number of thiazole rings is 1. The van der Waals surface area contributed by atoms with Crippen molar-refractivity contribution in [1.29, 1.82) is 0 Å². The van der Waals surface area contributed by atoms with Gasteiger partial charge in [0.1, 0.15) is 29.4 Å². The van der Waals surface area contributed by atoms with Gasteiger partial charge in [0, 0.05) is 23.6 Å². The van der Waals surface area contributed by atoms with E-state index in [0.717, 1.165) is 16.2 Å². The number of rotatable bonds is 9. The van der Waals surface area contributed by atoms with Gasteiger partial charge < -0.3 is 30.8 Å². The van der Waals surface area contributed by atoms with Crippen LogP contribution in [-0.2, 0) is 33.5 Å². The minimum Gasteiger partial charge on any atom is -0.478 e. The number of ether oxygens (including phenoxy) is 1. The number of nitrogens with zero attached hydrogens (tertiary/aromatic N) is 3. The van der Waals surface area contributed by atoms with Crippen molar-refractivity contribution in [3.05, 3.63) is 22.3 Å². The van der Waals surface area contributed by atoms with Crippen LogP contribution in [0, 0.1) is 0 Å². The summed E-state index contributed by atoms with van der Waals surface area (Å²) in [6.07, 6.45) is -1.37. The first-order chi connectivity index (χ1) is 16.0. The van der Waals surface area contributed by atoms with Crippen LogP contribution in [0.25, 0.3) is 0 Å². The molecule has 0 radical (unpaired) electrons. The number of fused-ring (bicyclic) bond motifs is 1. The molecule has 2 aliphatic heterocycles. The Hall–Kier alpha value is -3.66. The lowest BCUT2D eigenvalue weighted by Gasteiger charge is -2.49. The highest BCUT2D eigenvalue weighted by Gasteiger charge is 2.54. The SMILES string of the molecule is CC(=O)OCC1=C(C(=O)O)N2C(=O)C(NC(=O)/C(=N\O[C@H](C)C(=O)O)c3csc(N)n3)[C@H]2SC1. The van der Waals surface area contributed by atoms with Crippen LogP contribution in [0.1, 0.15) is 19.5 Å². The molecule has 34 heavy (non-hydrogen) atoms. The molecule has 2 aliphatic rings. The molecular weight excluding hydrogens is 494 g/mol. The summed E-state index contributed by atoms with van der Waals surface area (Å²) in [7, 11) is 0. The first-order valence-electron chi connectivity index (χ1n) is 9.53. The lowest BCUT2D eigenvalue weighted by Crippen LogP contribution is -2.71. The normalized spacial score (nSPS) is 20.7. The molecule has 1 saturated heterocycles.